The van der Waals surface area contributed by atoms with Crippen molar-refractivity contribution < 1.29 is 9.94 Å². The average Bonchev–Trinajstić information content (AvgIpc) is 1.84. The van der Waals surface area contributed by atoms with Gasteiger partial charge in [-0.3, -0.25) is 4.84 Å². The van der Waals surface area contributed by atoms with Crippen LogP contribution in [0, 0.1) is 0 Å². The van der Waals surface area contributed by atoms with E-state index in [2.05, 4.69) is 16.3 Å². The van der Waals surface area contributed by atoms with Gasteiger partial charge in [-0.1, -0.05) is 0 Å². The zero-order chi connectivity index (χ0) is 9.61. The van der Waals surface area contributed by atoms with E-state index in [1.165, 1.54) is 0 Å². The Morgan fingerprint density at radius 3 is 2.42 bits per heavy atom. The zero-order valence-corrected chi connectivity index (χ0v) is 8.14. The minimum atomic E-state index is -0.655. The molecular formula is C7H19N3O2. The lowest BCUT2D eigenvalue weighted by molar-refractivity contribution is -0.112. The first kappa shape index (κ1) is 11.8. The summed E-state index contributed by atoms with van der Waals surface area (Å²) in [4.78, 5) is 5.10. The molecule has 1 atom stereocenters. The molecular weight excluding hydrogens is 158 g/mol. The maximum Gasteiger partial charge on any atom is 0.131 e. The molecule has 0 bridgehead atoms. The van der Waals surface area contributed by atoms with E-state index < -0.39 is 6.23 Å². The second-order valence-corrected chi connectivity index (χ2v) is 3.53. The average molecular weight is 177 g/mol. The summed E-state index contributed by atoms with van der Waals surface area (Å²) in [6, 6.07) is 0. The third kappa shape index (κ3) is 7.90. The van der Waals surface area contributed by atoms with E-state index in [1.54, 1.807) is 7.05 Å². The molecule has 5 nitrogen and oxygen atoms in total. The second-order valence-electron chi connectivity index (χ2n) is 3.53. The first-order valence-electron chi connectivity index (χ1n) is 3.97. The molecule has 0 amide bonds. The van der Waals surface area contributed by atoms with Crippen molar-refractivity contribution in [2.24, 2.45) is 0 Å². The van der Waals surface area contributed by atoms with Crippen LogP contribution in [0.1, 0.15) is 20.8 Å². The van der Waals surface area contributed by atoms with Crippen LogP contribution in [0.2, 0.25) is 0 Å². The monoisotopic (exact) mass is 177 g/mol. The predicted molar refractivity (Wildman–Crippen MR) is 47.0 cm³/mol. The molecule has 0 saturated carbocycles. The van der Waals surface area contributed by atoms with Gasteiger partial charge in [0.05, 0.1) is 5.60 Å². The Morgan fingerprint density at radius 1 is 1.42 bits per heavy atom. The Labute approximate surface area is 73.4 Å². The molecule has 0 aliphatic heterocycles. The fourth-order valence-electron chi connectivity index (χ4n) is 0.495. The van der Waals surface area contributed by atoms with Crippen molar-refractivity contribution in [2.45, 2.75) is 32.6 Å². The summed E-state index contributed by atoms with van der Waals surface area (Å²) >= 11 is 0. The van der Waals surface area contributed by atoms with E-state index in [-0.39, 0.29) is 5.60 Å². The molecule has 0 heterocycles. The van der Waals surface area contributed by atoms with Gasteiger partial charge in [0, 0.05) is 6.54 Å². The van der Waals surface area contributed by atoms with Crippen molar-refractivity contribution in [3.8, 4) is 0 Å². The molecule has 0 aliphatic carbocycles. The number of likely N-dealkylation sites (N-methyl/N-ethyl adjacent to an activating group) is 1. The molecule has 74 valence electrons. The van der Waals surface area contributed by atoms with E-state index in [4.69, 9.17) is 9.94 Å². The van der Waals surface area contributed by atoms with Gasteiger partial charge in [0.2, 0.25) is 0 Å². The van der Waals surface area contributed by atoms with Crippen LogP contribution in [0.5, 0.6) is 0 Å². The van der Waals surface area contributed by atoms with Crippen molar-refractivity contribution in [1.82, 2.24) is 16.3 Å². The smallest absolute Gasteiger partial charge is 0.131 e. The minimum Gasteiger partial charge on any atom is -0.376 e. The third-order valence-electron chi connectivity index (χ3n) is 0.980. The highest BCUT2D eigenvalue weighted by atomic mass is 16.7. The number of hydrazine groups is 1. The normalized spacial score (nSPS) is 14.8. The molecule has 0 spiro atoms. The topological polar surface area (TPSA) is 65.5 Å². The van der Waals surface area contributed by atoms with Crippen LogP contribution in [0.25, 0.3) is 0 Å². The fraction of sp³-hybridized carbons (Fsp3) is 1.00. The number of hydrogen-bond donors (Lipinski definition) is 4. The SMILES string of the molecule is CNCC(O)NNOC(C)(C)C. The highest BCUT2D eigenvalue weighted by molar-refractivity contribution is 4.56. The van der Waals surface area contributed by atoms with Gasteiger partial charge in [-0.05, 0) is 27.8 Å². The van der Waals surface area contributed by atoms with Crippen LogP contribution in [0.15, 0.2) is 0 Å². The molecule has 0 aliphatic rings. The third-order valence-corrected chi connectivity index (χ3v) is 0.980. The van der Waals surface area contributed by atoms with E-state index in [0.29, 0.717) is 6.54 Å². The highest BCUT2D eigenvalue weighted by Gasteiger charge is 2.10. The number of rotatable bonds is 5. The van der Waals surface area contributed by atoms with E-state index in [1.807, 2.05) is 20.8 Å². The quantitative estimate of drug-likeness (QED) is 0.332. The van der Waals surface area contributed by atoms with Crippen molar-refractivity contribution in [3.05, 3.63) is 0 Å². The minimum absolute atomic E-state index is 0.271. The predicted octanol–water partition coefficient (Wildman–Crippen LogP) is -0.651. The second kappa shape index (κ2) is 5.45. The van der Waals surface area contributed by atoms with Crippen LogP contribution in [0.4, 0.5) is 0 Å². The van der Waals surface area contributed by atoms with E-state index in [0.717, 1.165) is 0 Å². The van der Waals surface area contributed by atoms with Crippen LogP contribution < -0.4 is 16.3 Å². The molecule has 0 aromatic carbocycles. The first-order valence-corrected chi connectivity index (χ1v) is 3.97. The lowest BCUT2D eigenvalue weighted by Gasteiger charge is -2.21. The van der Waals surface area contributed by atoms with E-state index >= 15 is 0 Å². The first-order chi connectivity index (χ1) is 5.45. The van der Waals surface area contributed by atoms with Crippen LogP contribution in [-0.4, -0.2) is 30.5 Å². The van der Waals surface area contributed by atoms with Gasteiger partial charge >= 0.3 is 0 Å². The summed E-state index contributed by atoms with van der Waals surface area (Å²) in [6.45, 7) is 6.19. The lowest BCUT2D eigenvalue weighted by Crippen LogP contribution is -2.48. The van der Waals surface area contributed by atoms with Crippen molar-refractivity contribution in [3.63, 3.8) is 0 Å². The molecule has 0 saturated heterocycles. The summed E-state index contributed by atoms with van der Waals surface area (Å²) < 4.78 is 0. The van der Waals surface area contributed by atoms with Crippen molar-refractivity contribution >= 4 is 0 Å². The molecule has 0 aromatic heterocycles. The number of hydrogen-bond acceptors (Lipinski definition) is 5. The summed E-state index contributed by atoms with van der Waals surface area (Å²) in [5.74, 6) is 0. The molecule has 0 fully saturated rings. The Balaban J connectivity index is 3.31. The lowest BCUT2D eigenvalue weighted by atomic mass is 10.2. The van der Waals surface area contributed by atoms with Gasteiger partial charge in [0.15, 0.2) is 0 Å². The Bertz CT molecular complexity index is 114. The molecule has 4 N–H and O–H groups in total. The van der Waals surface area contributed by atoms with E-state index in [9.17, 15) is 0 Å². The molecule has 5 heteroatoms. The number of aliphatic hydroxyl groups excluding tert-OH is 1. The van der Waals surface area contributed by atoms with Crippen molar-refractivity contribution in [1.29, 1.82) is 0 Å². The fourth-order valence-corrected chi connectivity index (χ4v) is 0.495. The number of nitrogens with one attached hydrogen (secondary N) is 3. The zero-order valence-electron chi connectivity index (χ0n) is 8.14. The standard InChI is InChI=1S/C7H19N3O2/c1-7(2,3)12-10-9-6(11)5-8-4/h6,8-11H,5H2,1-4H3. The van der Waals surface area contributed by atoms with Crippen LogP contribution in [-0.2, 0) is 4.84 Å². The van der Waals surface area contributed by atoms with Crippen molar-refractivity contribution in [2.75, 3.05) is 13.6 Å². The van der Waals surface area contributed by atoms with Gasteiger partial charge < -0.3 is 10.4 Å². The Hall–Kier alpha value is -0.200. The highest BCUT2D eigenvalue weighted by Crippen LogP contribution is 2.02. The van der Waals surface area contributed by atoms with Crippen LogP contribution in [0.3, 0.4) is 0 Å². The largest absolute Gasteiger partial charge is 0.376 e. The maximum atomic E-state index is 9.13. The van der Waals surface area contributed by atoms with Gasteiger partial charge in [0.1, 0.15) is 6.23 Å². The molecule has 0 radical (unpaired) electrons. The summed E-state index contributed by atoms with van der Waals surface area (Å²) in [5.41, 5.74) is 4.76. The molecule has 12 heavy (non-hydrogen) atoms. The maximum absolute atomic E-state index is 9.13. The Morgan fingerprint density at radius 2 is 2.00 bits per heavy atom. The van der Waals surface area contributed by atoms with Gasteiger partial charge in [-0.2, -0.15) is 0 Å². The molecule has 1 unspecified atom stereocenters. The van der Waals surface area contributed by atoms with Gasteiger partial charge in [-0.15, -0.1) is 5.59 Å². The van der Waals surface area contributed by atoms with Crippen LogP contribution >= 0.6 is 0 Å². The molecule has 0 aromatic rings. The number of aliphatic hydroxyl groups is 1. The van der Waals surface area contributed by atoms with Gasteiger partial charge in [0.25, 0.3) is 0 Å². The molecule has 0 rings (SSSR count). The summed E-state index contributed by atoms with van der Waals surface area (Å²) in [5, 5.41) is 11.9. The Kier molecular flexibility index (Phi) is 5.36. The summed E-state index contributed by atoms with van der Waals surface area (Å²) in [7, 11) is 1.76. The summed E-state index contributed by atoms with van der Waals surface area (Å²) in [6.07, 6.45) is -0.655. The van der Waals surface area contributed by atoms with Gasteiger partial charge in [-0.25, -0.2) is 5.43 Å².